The van der Waals surface area contributed by atoms with E-state index in [-0.39, 0.29) is 22.7 Å². The van der Waals surface area contributed by atoms with Crippen molar-refractivity contribution in [3.8, 4) is 0 Å². The van der Waals surface area contributed by atoms with Crippen molar-refractivity contribution in [1.82, 2.24) is 20.0 Å². The van der Waals surface area contributed by atoms with Crippen LogP contribution in [0.2, 0.25) is 0 Å². The van der Waals surface area contributed by atoms with Gasteiger partial charge in [-0.15, -0.1) is 0 Å². The lowest BCUT2D eigenvalue weighted by atomic mass is 10.0. The molecule has 0 unspecified atom stereocenters. The molecule has 0 spiro atoms. The van der Waals surface area contributed by atoms with Crippen molar-refractivity contribution >= 4 is 22.8 Å². The number of nitrogens with zero attached hydrogens (tertiary/aromatic N) is 3. The van der Waals surface area contributed by atoms with Crippen LogP contribution in [0.1, 0.15) is 40.3 Å². The molecule has 2 aromatic heterocycles. The number of carbonyl (C=O) groups excluding carboxylic acids is 1. The van der Waals surface area contributed by atoms with Gasteiger partial charge in [-0.2, -0.15) is 10.2 Å². The SMILES string of the molecule is CCc1nn(C)c2n[nH]c(NC(=O)C3C(C)(C)C3(C)C)c12. The number of rotatable bonds is 3. The molecule has 6 heteroatoms. The first-order valence-corrected chi connectivity index (χ1v) is 7.42. The van der Waals surface area contributed by atoms with Crippen LogP contribution in [0, 0.1) is 16.7 Å². The minimum absolute atomic E-state index is 0.0186. The predicted molar refractivity (Wildman–Crippen MR) is 81.9 cm³/mol. The second-order valence-electron chi connectivity index (χ2n) is 7.09. The topological polar surface area (TPSA) is 75.6 Å². The highest BCUT2D eigenvalue weighted by atomic mass is 16.2. The van der Waals surface area contributed by atoms with Crippen LogP contribution in [0.4, 0.5) is 5.82 Å². The van der Waals surface area contributed by atoms with Gasteiger partial charge in [-0.1, -0.05) is 34.6 Å². The Hall–Kier alpha value is -1.85. The summed E-state index contributed by atoms with van der Waals surface area (Å²) >= 11 is 0. The summed E-state index contributed by atoms with van der Waals surface area (Å²) in [5.74, 6) is 0.741. The van der Waals surface area contributed by atoms with E-state index >= 15 is 0 Å². The van der Waals surface area contributed by atoms with E-state index in [1.165, 1.54) is 0 Å². The maximum Gasteiger partial charge on any atom is 0.229 e. The summed E-state index contributed by atoms with van der Waals surface area (Å²) in [4.78, 5) is 12.6. The van der Waals surface area contributed by atoms with Gasteiger partial charge >= 0.3 is 0 Å². The summed E-state index contributed by atoms with van der Waals surface area (Å²) in [7, 11) is 1.86. The van der Waals surface area contributed by atoms with Gasteiger partial charge < -0.3 is 5.32 Å². The van der Waals surface area contributed by atoms with Crippen LogP contribution in [-0.2, 0) is 18.3 Å². The molecule has 6 nitrogen and oxygen atoms in total. The number of carbonyl (C=O) groups is 1. The summed E-state index contributed by atoms with van der Waals surface area (Å²) in [6, 6.07) is 0. The third kappa shape index (κ3) is 1.74. The lowest BCUT2D eigenvalue weighted by molar-refractivity contribution is -0.118. The molecule has 1 aliphatic rings. The Morgan fingerprint density at radius 3 is 2.48 bits per heavy atom. The van der Waals surface area contributed by atoms with Gasteiger partial charge in [-0.05, 0) is 17.3 Å². The molecule has 1 amide bonds. The molecule has 114 valence electrons. The average Bonchev–Trinajstić information content (AvgIpc) is 2.77. The Morgan fingerprint density at radius 2 is 1.95 bits per heavy atom. The van der Waals surface area contributed by atoms with E-state index in [1.54, 1.807) is 4.68 Å². The number of hydrogen-bond donors (Lipinski definition) is 2. The molecule has 1 fully saturated rings. The molecular weight excluding hydrogens is 266 g/mol. The molecule has 0 bridgehead atoms. The Kier molecular flexibility index (Phi) is 2.74. The zero-order valence-corrected chi connectivity index (χ0v) is 13.5. The Balaban J connectivity index is 1.91. The lowest BCUT2D eigenvalue weighted by Crippen LogP contribution is -2.18. The molecular formula is C15H23N5O. The number of fused-ring (bicyclic) bond motifs is 1. The van der Waals surface area contributed by atoms with Gasteiger partial charge in [0.2, 0.25) is 5.91 Å². The first kappa shape index (κ1) is 14.1. The minimum Gasteiger partial charge on any atom is -0.310 e. The van der Waals surface area contributed by atoms with Gasteiger partial charge in [-0.25, -0.2) is 4.68 Å². The van der Waals surface area contributed by atoms with Crippen LogP contribution in [0.25, 0.3) is 11.0 Å². The number of anilines is 1. The molecule has 0 saturated heterocycles. The third-order valence-electron chi connectivity index (χ3n) is 5.48. The van der Waals surface area contributed by atoms with E-state index in [9.17, 15) is 4.79 Å². The van der Waals surface area contributed by atoms with Crippen LogP contribution < -0.4 is 5.32 Å². The highest BCUT2D eigenvalue weighted by Crippen LogP contribution is 2.68. The van der Waals surface area contributed by atoms with Gasteiger partial charge in [0.05, 0.1) is 11.1 Å². The van der Waals surface area contributed by atoms with E-state index in [2.05, 4.69) is 48.3 Å². The van der Waals surface area contributed by atoms with Crippen molar-refractivity contribution in [3.05, 3.63) is 5.69 Å². The maximum absolute atomic E-state index is 12.6. The Morgan fingerprint density at radius 1 is 1.33 bits per heavy atom. The molecule has 3 rings (SSSR count). The molecule has 2 aromatic rings. The molecule has 0 aromatic carbocycles. The number of H-pyrrole nitrogens is 1. The first-order chi connectivity index (χ1) is 9.71. The van der Waals surface area contributed by atoms with Crippen LogP contribution in [0.3, 0.4) is 0 Å². The monoisotopic (exact) mass is 289 g/mol. The van der Waals surface area contributed by atoms with E-state index in [1.807, 2.05) is 14.0 Å². The van der Waals surface area contributed by atoms with Crippen molar-refractivity contribution < 1.29 is 4.79 Å². The molecule has 21 heavy (non-hydrogen) atoms. The standard InChI is InChI=1S/C15H23N5O/c1-7-8-9-11(17-18-12(9)20(6)19-8)16-13(21)10-14(2,3)15(10,4)5/h10H,7H2,1-6H3,(H2,16,17,18,21). The number of amides is 1. The fraction of sp³-hybridized carbons (Fsp3) is 0.667. The van der Waals surface area contributed by atoms with Crippen LogP contribution >= 0.6 is 0 Å². The fourth-order valence-corrected chi connectivity index (χ4v) is 3.50. The molecule has 0 atom stereocenters. The molecule has 2 heterocycles. The molecule has 2 N–H and O–H groups in total. The molecule has 1 saturated carbocycles. The Bertz CT molecular complexity index is 708. The summed E-state index contributed by atoms with van der Waals surface area (Å²) < 4.78 is 1.74. The van der Waals surface area contributed by atoms with Crippen LogP contribution in [0.15, 0.2) is 0 Å². The van der Waals surface area contributed by atoms with Gasteiger partial charge in [0.15, 0.2) is 5.65 Å². The van der Waals surface area contributed by atoms with Crippen molar-refractivity contribution in [2.45, 2.75) is 41.0 Å². The summed E-state index contributed by atoms with van der Waals surface area (Å²) in [6.45, 7) is 10.6. The summed E-state index contributed by atoms with van der Waals surface area (Å²) in [6.07, 6.45) is 0.806. The second kappa shape index (κ2) is 4.08. The molecule has 1 aliphatic carbocycles. The minimum atomic E-state index is 0.0186. The van der Waals surface area contributed by atoms with Crippen molar-refractivity contribution in [2.24, 2.45) is 23.8 Å². The highest BCUT2D eigenvalue weighted by Gasteiger charge is 2.68. The van der Waals surface area contributed by atoms with E-state index < -0.39 is 0 Å². The predicted octanol–water partition coefficient (Wildman–Crippen LogP) is 2.48. The summed E-state index contributed by atoms with van der Waals surface area (Å²) in [5, 5.41) is 15.6. The normalized spacial score (nSPS) is 19.9. The number of aromatic nitrogens is 4. The van der Waals surface area contributed by atoms with Crippen LogP contribution in [-0.4, -0.2) is 25.9 Å². The maximum atomic E-state index is 12.6. The van der Waals surface area contributed by atoms with Crippen LogP contribution in [0.5, 0.6) is 0 Å². The van der Waals surface area contributed by atoms with Gasteiger partial charge in [0.1, 0.15) is 5.82 Å². The number of aryl methyl sites for hydroxylation is 2. The quantitative estimate of drug-likeness (QED) is 0.911. The van der Waals surface area contributed by atoms with Gasteiger partial charge in [-0.3, -0.25) is 9.89 Å². The Labute approximate surface area is 124 Å². The average molecular weight is 289 g/mol. The van der Waals surface area contributed by atoms with Gasteiger partial charge in [0, 0.05) is 13.0 Å². The van der Waals surface area contributed by atoms with Crippen molar-refractivity contribution in [2.75, 3.05) is 5.32 Å². The number of aromatic amines is 1. The zero-order valence-electron chi connectivity index (χ0n) is 13.5. The van der Waals surface area contributed by atoms with Crippen molar-refractivity contribution in [3.63, 3.8) is 0 Å². The summed E-state index contributed by atoms with van der Waals surface area (Å²) in [5.41, 5.74) is 1.78. The molecule has 0 aliphatic heterocycles. The third-order valence-corrected chi connectivity index (χ3v) is 5.48. The van der Waals surface area contributed by atoms with Gasteiger partial charge in [0.25, 0.3) is 0 Å². The largest absolute Gasteiger partial charge is 0.310 e. The van der Waals surface area contributed by atoms with E-state index in [0.29, 0.717) is 5.82 Å². The molecule has 0 radical (unpaired) electrons. The van der Waals surface area contributed by atoms with E-state index in [4.69, 9.17) is 0 Å². The number of hydrogen-bond acceptors (Lipinski definition) is 3. The van der Waals surface area contributed by atoms with E-state index in [0.717, 1.165) is 23.1 Å². The smallest absolute Gasteiger partial charge is 0.229 e. The van der Waals surface area contributed by atoms with Crippen molar-refractivity contribution in [1.29, 1.82) is 0 Å². The fourth-order valence-electron chi connectivity index (χ4n) is 3.50. The second-order valence-corrected chi connectivity index (χ2v) is 7.09. The lowest BCUT2D eigenvalue weighted by Gasteiger charge is -2.04. The first-order valence-electron chi connectivity index (χ1n) is 7.42. The number of nitrogens with one attached hydrogen (secondary N) is 2. The highest BCUT2D eigenvalue weighted by molar-refractivity contribution is 6.02. The zero-order chi connectivity index (χ0) is 15.6.